The number of benzene rings is 1. The SMILES string of the molecule is COC(=O)C1O[C@@H](Oc2ccc(CO)cc2N)C(OC(C)=O)C(OC(C)=O)[C@@H]1OC(C)=O. The van der Waals surface area contributed by atoms with Crippen LogP contribution in [0, 0.1) is 0 Å². The maximum absolute atomic E-state index is 12.4. The minimum atomic E-state index is -1.58. The van der Waals surface area contributed by atoms with Crippen LogP contribution in [0.15, 0.2) is 18.2 Å². The number of aliphatic hydroxyl groups is 1. The van der Waals surface area contributed by atoms with Crippen LogP contribution in [-0.2, 0) is 49.5 Å². The fourth-order valence-corrected chi connectivity index (χ4v) is 3.10. The summed E-state index contributed by atoms with van der Waals surface area (Å²) in [5.74, 6) is -3.28. The van der Waals surface area contributed by atoms with Gasteiger partial charge in [-0.15, -0.1) is 0 Å². The van der Waals surface area contributed by atoms with Crippen LogP contribution in [0.5, 0.6) is 5.75 Å². The van der Waals surface area contributed by atoms with E-state index in [1.165, 1.54) is 18.2 Å². The van der Waals surface area contributed by atoms with Crippen LogP contribution < -0.4 is 10.5 Å². The Morgan fingerprint density at radius 1 is 0.969 bits per heavy atom. The molecule has 0 saturated carbocycles. The van der Waals surface area contributed by atoms with Crippen LogP contribution in [0.3, 0.4) is 0 Å². The molecule has 1 heterocycles. The smallest absolute Gasteiger partial charge is 0.339 e. The van der Waals surface area contributed by atoms with Crippen LogP contribution in [0.4, 0.5) is 5.69 Å². The first-order valence-corrected chi connectivity index (χ1v) is 9.48. The summed E-state index contributed by atoms with van der Waals surface area (Å²) in [5.41, 5.74) is 6.57. The van der Waals surface area contributed by atoms with Gasteiger partial charge >= 0.3 is 23.9 Å². The van der Waals surface area contributed by atoms with E-state index in [-0.39, 0.29) is 18.0 Å². The normalized spacial score (nSPS) is 24.7. The number of nitrogens with two attached hydrogens (primary N) is 1. The van der Waals surface area contributed by atoms with Crippen molar-refractivity contribution in [2.24, 2.45) is 0 Å². The molecule has 176 valence electrons. The van der Waals surface area contributed by atoms with Gasteiger partial charge in [-0.1, -0.05) is 6.07 Å². The third kappa shape index (κ3) is 6.08. The highest BCUT2D eigenvalue weighted by Crippen LogP contribution is 2.33. The first-order chi connectivity index (χ1) is 15.1. The number of aliphatic hydroxyl groups excluding tert-OH is 1. The van der Waals surface area contributed by atoms with Gasteiger partial charge in [0.25, 0.3) is 0 Å². The summed E-state index contributed by atoms with van der Waals surface area (Å²) >= 11 is 0. The molecule has 1 aromatic rings. The Morgan fingerprint density at radius 3 is 2.03 bits per heavy atom. The fourth-order valence-electron chi connectivity index (χ4n) is 3.10. The highest BCUT2D eigenvalue weighted by atomic mass is 16.7. The minimum absolute atomic E-state index is 0.0699. The third-order valence-electron chi connectivity index (χ3n) is 4.33. The van der Waals surface area contributed by atoms with Gasteiger partial charge in [-0.2, -0.15) is 0 Å². The van der Waals surface area contributed by atoms with Gasteiger partial charge in [0.15, 0.2) is 18.3 Å². The molecule has 32 heavy (non-hydrogen) atoms. The standard InChI is InChI=1S/C20H25NO11/c1-9(23)28-15-16(29-10(2)24)18(30-11(3)25)20(32-17(15)19(26)27-4)31-14-6-5-12(8-22)7-13(14)21/h5-7,15-18,20,22H,8,21H2,1-4H3/t15-,16?,17?,18?,20+/m0/s1. The predicted molar refractivity (Wildman–Crippen MR) is 105 cm³/mol. The lowest BCUT2D eigenvalue weighted by atomic mass is 9.97. The van der Waals surface area contributed by atoms with Crippen LogP contribution in [0.25, 0.3) is 0 Å². The first kappa shape index (κ1) is 24.9. The molecule has 0 bridgehead atoms. The van der Waals surface area contributed by atoms with E-state index in [9.17, 15) is 24.3 Å². The molecular formula is C20H25NO11. The first-order valence-electron chi connectivity index (χ1n) is 9.48. The van der Waals surface area contributed by atoms with Crippen LogP contribution in [0.1, 0.15) is 26.3 Å². The van der Waals surface area contributed by atoms with Crippen molar-refractivity contribution in [3.63, 3.8) is 0 Å². The van der Waals surface area contributed by atoms with Crippen molar-refractivity contribution in [3.05, 3.63) is 23.8 Å². The number of hydrogen-bond acceptors (Lipinski definition) is 12. The number of nitrogen functional groups attached to an aromatic ring is 1. The Balaban J connectivity index is 2.51. The van der Waals surface area contributed by atoms with Crippen LogP contribution >= 0.6 is 0 Å². The van der Waals surface area contributed by atoms with Crippen molar-refractivity contribution in [1.29, 1.82) is 0 Å². The van der Waals surface area contributed by atoms with Crippen molar-refractivity contribution in [3.8, 4) is 5.75 Å². The van der Waals surface area contributed by atoms with Gasteiger partial charge in [-0.3, -0.25) is 14.4 Å². The summed E-state index contributed by atoms with van der Waals surface area (Å²) in [6.07, 6.45) is -7.51. The second-order valence-electron chi connectivity index (χ2n) is 6.82. The molecule has 0 amide bonds. The molecule has 3 unspecified atom stereocenters. The van der Waals surface area contributed by atoms with Crippen LogP contribution in [0.2, 0.25) is 0 Å². The van der Waals surface area contributed by atoms with Crippen molar-refractivity contribution < 1.29 is 52.7 Å². The second-order valence-corrected chi connectivity index (χ2v) is 6.82. The molecule has 0 spiro atoms. The molecule has 12 nitrogen and oxygen atoms in total. The number of carbonyl (C=O) groups is 4. The third-order valence-corrected chi connectivity index (χ3v) is 4.33. The Labute approximate surface area is 183 Å². The zero-order valence-electron chi connectivity index (χ0n) is 17.9. The molecule has 1 saturated heterocycles. The quantitative estimate of drug-likeness (QED) is 0.317. The van der Waals surface area contributed by atoms with E-state index in [1.54, 1.807) is 0 Å². The number of hydrogen-bond donors (Lipinski definition) is 2. The molecule has 1 aliphatic heterocycles. The van der Waals surface area contributed by atoms with Crippen molar-refractivity contribution in [2.45, 2.75) is 58.1 Å². The van der Waals surface area contributed by atoms with Crippen LogP contribution in [-0.4, -0.2) is 66.8 Å². The van der Waals surface area contributed by atoms with Gasteiger partial charge in [0.1, 0.15) is 5.75 Å². The van der Waals surface area contributed by atoms with Crippen molar-refractivity contribution in [2.75, 3.05) is 12.8 Å². The summed E-state index contributed by atoms with van der Waals surface area (Å²) in [4.78, 5) is 47.6. The summed E-state index contributed by atoms with van der Waals surface area (Å²) in [5, 5.41) is 9.24. The number of ether oxygens (including phenoxy) is 6. The Kier molecular flexibility index (Phi) is 8.38. The van der Waals surface area contributed by atoms with E-state index in [2.05, 4.69) is 0 Å². The van der Waals surface area contributed by atoms with E-state index in [0.29, 0.717) is 5.56 Å². The summed E-state index contributed by atoms with van der Waals surface area (Å²) in [6.45, 7) is 2.99. The maximum Gasteiger partial charge on any atom is 0.339 e. The van der Waals surface area contributed by atoms with E-state index in [1.807, 2.05) is 0 Å². The van der Waals surface area contributed by atoms with Gasteiger partial charge in [0.2, 0.25) is 12.4 Å². The van der Waals surface area contributed by atoms with Gasteiger partial charge in [-0.05, 0) is 17.7 Å². The molecule has 2 rings (SSSR count). The number of methoxy groups -OCH3 is 1. The minimum Gasteiger partial charge on any atom is -0.467 e. The molecular weight excluding hydrogens is 430 g/mol. The Morgan fingerprint density at radius 2 is 1.53 bits per heavy atom. The lowest BCUT2D eigenvalue weighted by Crippen LogP contribution is -2.64. The largest absolute Gasteiger partial charge is 0.467 e. The highest BCUT2D eigenvalue weighted by molar-refractivity contribution is 5.77. The molecule has 5 atom stereocenters. The lowest BCUT2D eigenvalue weighted by molar-refractivity contribution is -0.282. The summed E-state index contributed by atoms with van der Waals surface area (Å²) < 4.78 is 31.8. The summed E-state index contributed by atoms with van der Waals surface area (Å²) in [7, 11) is 1.08. The molecule has 0 aliphatic carbocycles. The van der Waals surface area contributed by atoms with Gasteiger partial charge < -0.3 is 39.3 Å². The number of rotatable bonds is 7. The Bertz CT molecular complexity index is 871. The van der Waals surface area contributed by atoms with Gasteiger partial charge in [0.05, 0.1) is 19.4 Å². The van der Waals surface area contributed by atoms with Gasteiger partial charge in [0, 0.05) is 20.8 Å². The molecule has 0 aromatic heterocycles. The average molecular weight is 455 g/mol. The highest BCUT2D eigenvalue weighted by Gasteiger charge is 2.55. The fraction of sp³-hybridized carbons (Fsp3) is 0.500. The molecule has 0 radical (unpaired) electrons. The topological polar surface area (TPSA) is 170 Å². The molecule has 1 aromatic carbocycles. The number of carbonyl (C=O) groups excluding carboxylic acids is 4. The zero-order chi connectivity index (χ0) is 24.0. The average Bonchev–Trinajstić information content (AvgIpc) is 2.71. The molecule has 1 fully saturated rings. The lowest BCUT2D eigenvalue weighted by Gasteiger charge is -2.43. The zero-order valence-corrected chi connectivity index (χ0v) is 17.9. The monoisotopic (exact) mass is 455 g/mol. The van der Waals surface area contributed by atoms with E-state index >= 15 is 0 Å². The maximum atomic E-state index is 12.4. The number of anilines is 1. The van der Waals surface area contributed by atoms with Gasteiger partial charge in [-0.25, -0.2) is 4.79 Å². The van der Waals surface area contributed by atoms with E-state index < -0.39 is 54.6 Å². The van der Waals surface area contributed by atoms with E-state index in [4.69, 9.17) is 34.2 Å². The number of esters is 4. The summed E-state index contributed by atoms with van der Waals surface area (Å²) in [6, 6.07) is 4.40. The van der Waals surface area contributed by atoms with Crippen molar-refractivity contribution in [1.82, 2.24) is 0 Å². The van der Waals surface area contributed by atoms with Crippen molar-refractivity contribution >= 4 is 29.6 Å². The second kappa shape index (κ2) is 10.8. The van der Waals surface area contributed by atoms with E-state index in [0.717, 1.165) is 27.9 Å². The molecule has 1 aliphatic rings. The molecule has 3 N–H and O–H groups in total. The predicted octanol–water partition coefficient (Wildman–Crippen LogP) is -0.167. The Hall–Kier alpha value is -3.38. The molecule has 12 heteroatoms.